The quantitative estimate of drug-likeness (QED) is 0.848. The summed E-state index contributed by atoms with van der Waals surface area (Å²) < 4.78 is 2.10. The Morgan fingerprint density at radius 2 is 2.12 bits per heavy atom. The summed E-state index contributed by atoms with van der Waals surface area (Å²) in [5.74, 6) is 1.44. The molecule has 1 aromatic heterocycles. The summed E-state index contributed by atoms with van der Waals surface area (Å²) in [5.41, 5.74) is 8.29. The molecule has 17 heavy (non-hydrogen) atoms. The summed E-state index contributed by atoms with van der Waals surface area (Å²) in [7, 11) is 2.02. The van der Waals surface area contributed by atoms with Crippen molar-refractivity contribution >= 4 is 11.0 Å². The van der Waals surface area contributed by atoms with Crippen molar-refractivity contribution in [3.63, 3.8) is 0 Å². The minimum Gasteiger partial charge on any atom is -0.387 e. The predicted molar refractivity (Wildman–Crippen MR) is 68.8 cm³/mol. The van der Waals surface area contributed by atoms with Gasteiger partial charge in [0.05, 0.1) is 17.1 Å². The average molecular weight is 233 g/mol. The van der Waals surface area contributed by atoms with Crippen molar-refractivity contribution in [2.45, 2.75) is 25.9 Å². The van der Waals surface area contributed by atoms with Crippen LogP contribution in [0.3, 0.4) is 0 Å². The van der Waals surface area contributed by atoms with Crippen molar-refractivity contribution < 1.29 is 5.11 Å². The molecule has 0 spiro atoms. The Hall–Kier alpha value is -1.39. The number of fused-ring (bicyclic) bond motifs is 1. The van der Waals surface area contributed by atoms with Gasteiger partial charge in [-0.05, 0) is 17.7 Å². The summed E-state index contributed by atoms with van der Waals surface area (Å²) >= 11 is 0. The zero-order valence-electron chi connectivity index (χ0n) is 10.5. The first-order valence-corrected chi connectivity index (χ1v) is 5.89. The van der Waals surface area contributed by atoms with Gasteiger partial charge in [-0.25, -0.2) is 4.98 Å². The number of benzene rings is 1. The molecule has 2 rings (SSSR count). The van der Waals surface area contributed by atoms with Crippen molar-refractivity contribution in [2.75, 3.05) is 6.54 Å². The average Bonchev–Trinajstić information content (AvgIpc) is 2.65. The van der Waals surface area contributed by atoms with Crippen LogP contribution >= 0.6 is 0 Å². The van der Waals surface area contributed by atoms with Crippen LogP contribution in [0.5, 0.6) is 0 Å². The number of nitrogens with zero attached hydrogens (tertiary/aromatic N) is 2. The Balaban J connectivity index is 2.55. The van der Waals surface area contributed by atoms with E-state index in [-0.39, 0.29) is 6.54 Å². The van der Waals surface area contributed by atoms with Crippen LogP contribution in [0.25, 0.3) is 11.0 Å². The highest BCUT2D eigenvalue weighted by atomic mass is 16.3. The summed E-state index contributed by atoms with van der Waals surface area (Å²) in [4.78, 5) is 4.60. The van der Waals surface area contributed by atoms with Gasteiger partial charge in [-0.15, -0.1) is 0 Å². The van der Waals surface area contributed by atoms with Crippen LogP contribution in [0.1, 0.15) is 37.3 Å². The maximum atomic E-state index is 9.71. The smallest absolute Gasteiger partial charge is 0.112 e. The number of aryl methyl sites for hydroxylation is 1. The molecule has 1 aromatic carbocycles. The molecule has 0 aliphatic rings. The minimum absolute atomic E-state index is 0.232. The van der Waals surface area contributed by atoms with Gasteiger partial charge >= 0.3 is 0 Å². The highest BCUT2D eigenvalue weighted by molar-refractivity contribution is 5.77. The largest absolute Gasteiger partial charge is 0.387 e. The lowest BCUT2D eigenvalue weighted by molar-refractivity contribution is 0.187. The fourth-order valence-electron chi connectivity index (χ4n) is 2.10. The molecule has 3 N–H and O–H groups in total. The third kappa shape index (κ3) is 2.06. The van der Waals surface area contributed by atoms with Gasteiger partial charge < -0.3 is 15.4 Å². The monoisotopic (exact) mass is 233 g/mol. The first kappa shape index (κ1) is 12.1. The lowest BCUT2D eigenvalue weighted by Gasteiger charge is -2.07. The molecule has 4 nitrogen and oxygen atoms in total. The van der Waals surface area contributed by atoms with E-state index in [1.54, 1.807) is 0 Å². The van der Waals surface area contributed by atoms with E-state index in [1.807, 2.05) is 25.2 Å². The molecule has 2 aromatic rings. The number of aromatic nitrogens is 2. The highest BCUT2D eigenvalue weighted by Crippen LogP contribution is 2.23. The summed E-state index contributed by atoms with van der Waals surface area (Å²) in [6.45, 7) is 4.48. The van der Waals surface area contributed by atoms with E-state index in [1.165, 1.54) is 0 Å². The topological polar surface area (TPSA) is 64.1 Å². The molecule has 1 heterocycles. The molecule has 1 atom stereocenters. The Labute approximate surface area is 101 Å². The molecule has 0 fully saturated rings. The Kier molecular flexibility index (Phi) is 3.17. The third-order valence-electron chi connectivity index (χ3n) is 3.06. The standard InChI is InChI=1S/C13H19N3O/c1-8(2)13-15-10-6-9(12(17)7-14)4-5-11(10)16(13)3/h4-6,8,12,17H,7,14H2,1-3H3. The Morgan fingerprint density at radius 1 is 1.41 bits per heavy atom. The fraction of sp³-hybridized carbons (Fsp3) is 0.462. The molecular weight excluding hydrogens is 214 g/mol. The van der Waals surface area contributed by atoms with Gasteiger partial charge in [-0.1, -0.05) is 19.9 Å². The van der Waals surface area contributed by atoms with E-state index >= 15 is 0 Å². The van der Waals surface area contributed by atoms with Crippen LogP contribution in [-0.2, 0) is 7.05 Å². The van der Waals surface area contributed by atoms with Gasteiger partial charge in [-0.3, -0.25) is 0 Å². The number of aliphatic hydroxyl groups is 1. The van der Waals surface area contributed by atoms with Crippen molar-refractivity contribution in [3.8, 4) is 0 Å². The molecule has 92 valence electrons. The fourth-order valence-corrected chi connectivity index (χ4v) is 2.10. The van der Waals surface area contributed by atoms with E-state index in [2.05, 4.69) is 23.4 Å². The van der Waals surface area contributed by atoms with Crippen LogP contribution in [0.2, 0.25) is 0 Å². The van der Waals surface area contributed by atoms with Gasteiger partial charge in [0, 0.05) is 19.5 Å². The highest BCUT2D eigenvalue weighted by Gasteiger charge is 2.13. The maximum Gasteiger partial charge on any atom is 0.112 e. The molecule has 0 amide bonds. The Morgan fingerprint density at radius 3 is 2.71 bits per heavy atom. The zero-order valence-corrected chi connectivity index (χ0v) is 10.5. The van der Waals surface area contributed by atoms with Gasteiger partial charge in [0.15, 0.2) is 0 Å². The zero-order chi connectivity index (χ0) is 12.6. The molecule has 0 aliphatic carbocycles. The lowest BCUT2D eigenvalue weighted by Crippen LogP contribution is -2.11. The SMILES string of the molecule is CC(C)c1nc2cc(C(O)CN)ccc2n1C. The first-order valence-electron chi connectivity index (χ1n) is 5.89. The molecular formula is C13H19N3O. The van der Waals surface area contributed by atoms with Crippen LogP contribution in [0.4, 0.5) is 0 Å². The van der Waals surface area contributed by atoms with E-state index in [4.69, 9.17) is 5.73 Å². The van der Waals surface area contributed by atoms with Crippen LogP contribution in [0, 0.1) is 0 Å². The first-order chi connectivity index (χ1) is 8.04. The lowest BCUT2D eigenvalue weighted by atomic mass is 10.1. The summed E-state index contributed by atoms with van der Waals surface area (Å²) in [6, 6.07) is 5.81. The minimum atomic E-state index is -0.607. The normalized spacial score (nSPS) is 13.5. The van der Waals surface area contributed by atoms with Crippen LogP contribution in [0.15, 0.2) is 18.2 Å². The van der Waals surface area contributed by atoms with Gasteiger partial charge in [0.1, 0.15) is 5.82 Å². The van der Waals surface area contributed by atoms with E-state index in [9.17, 15) is 5.11 Å². The summed E-state index contributed by atoms with van der Waals surface area (Å²) in [5, 5.41) is 9.71. The second-order valence-corrected chi connectivity index (χ2v) is 4.68. The van der Waals surface area contributed by atoms with Gasteiger partial charge in [-0.2, -0.15) is 0 Å². The molecule has 0 saturated carbocycles. The van der Waals surface area contributed by atoms with Crippen LogP contribution < -0.4 is 5.73 Å². The molecule has 0 aliphatic heterocycles. The molecule has 0 radical (unpaired) electrons. The predicted octanol–water partition coefficient (Wildman–Crippen LogP) is 1.69. The number of imidazole rings is 1. The van der Waals surface area contributed by atoms with E-state index in [0.717, 1.165) is 22.4 Å². The van der Waals surface area contributed by atoms with E-state index < -0.39 is 6.10 Å². The number of hydrogen-bond donors (Lipinski definition) is 2. The Bertz CT molecular complexity index is 531. The second kappa shape index (κ2) is 4.47. The number of hydrogen-bond acceptors (Lipinski definition) is 3. The molecule has 1 unspecified atom stereocenters. The number of aliphatic hydroxyl groups excluding tert-OH is 1. The summed E-state index contributed by atoms with van der Waals surface area (Å²) in [6.07, 6.45) is -0.607. The van der Waals surface area contributed by atoms with Gasteiger partial charge in [0.25, 0.3) is 0 Å². The van der Waals surface area contributed by atoms with Crippen LogP contribution in [-0.4, -0.2) is 21.2 Å². The molecule has 0 saturated heterocycles. The maximum absolute atomic E-state index is 9.71. The number of rotatable bonds is 3. The van der Waals surface area contributed by atoms with Crippen molar-refractivity contribution in [1.29, 1.82) is 0 Å². The van der Waals surface area contributed by atoms with Crippen molar-refractivity contribution in [1.82, 2.24) is 9.55 Å². The van der Waals surface area contributed by atoms with Crippen molar-refractivity contribution in [2.24, 2.45) is 12.8 Å². The number of nitrogens with two attached hydrogens (primary N) is 1. The third-order valence-corrected chi connectivity index (χ3v) is 3.06. The molecule has 4 heteroatoms. The van der Waals surface area contributed by atoms with Gasteiger partial charge in [0.2, 0.25) is 0 Å². The second-order valence-electron chi connectivity index (χ2n) is 4.68. The van der Waals surface area contributed by atoms with E-state index in [0.29, 0.717) is 5.92 Å². The van der Waals surface area contributed by atoms with Crippen molar-refractivity contribution in [3.05, 3.63) is 29.6 Å². The molecule has 0 bridgehead atoms.